The largest absolute Gasteiger partial charge is 0.480 e. The van der Waals surface area contributed by atoms with Crippen LogP contribution in [-0.2, 0) is 24.0 Å². The Hall–Kier alpha value is -2.69. The summed E-state index contributed by atoms with van der Waals surface area (Å²) >= 11 is 0. The number of carbonyl (C=O) groups is 5. The third kappa shape index (κ3) is 5.99. The van der Waals surface area contributed by atoms with Gasteiger partial charge >= 0.3 is 5.97 Å². The van der Waals surface area contributed by atoms with Gasteiger partial charge in [-0.2, -0.15) is 0 Å². The monoisotopic (exact) mass is 371 g/mol. The lowest BCUT2D eigenvalue weighted by Crippen LogP contribution is -2.55. The SMILES string of the molecule is CC(NC(=O)C(CCC(N)=O)NC(=O)C1CCCN1C(=O)CN)C(=O)O. The van der Waals surface area contributed by atoms with Gasteiger partial charge in [-0.1, -0.05) is 0 Å². The van der Waals surface area contributed by atoms with Crippen LogP contribution in [0.2, 0.25) is 0 Å². The summed E-state index contributed by atoms with van der Waals surface area (Å²) in [5.41, 5.74) is 10.4. The van der Waals surface area contributed by atoms with Crippen LogP contribution in [0, 0.1) is 0 Å². The number of aliphatic carboxylic acids is 1. The van der Waals surface area contributed by atoms with Gasteiger partial charge in [0.1, 0.15) is 18.1 Å². The van der Waals surface area contributed by atoms with E-state index in [-0.39, 0.29) is 25.3 Å². The molecule has 26 heavy (non-hydrogen) atoms. The number of carboxylic acids is 1. The highest BCUT2D eigenvalue weighted by Gasteiger charge is 2.35. The van der Waals surface area contributed by atoms with E-state index in [1.54, 1.807) is 0 Å². The maximum absolute atomic E-state index is 12.5. The van der Waals surface area contributed by atoms with Crippen LogP contribution in [0.1, 0.15) is 32.6 Å². The van der Waals surface area contributed by atoms with Crippen LogP contribution in [-0.4, -0.2) is 70.8 Å². The van der Waals surface area contributed by atoms with E-state index in [0.717, 1.165) is 0 Å². The highest BCUT2D eigenvalue weighted by Crippen LogP contribution is 2.17. The van der Waals surface area contributed by atoms with Gasteiger partial charge in [-0.15, -0.1) is 0 Å². The number of nitrogens with one attached hydrogen (secondary N) is 2. The van der Waals surface area contributed by atoms with E-state index >= 15 is 0 Å². The third-order valence-corrected chi connectivity index (χ3v) is 4.09. The molecule has 11 nitrogen and oxygen atoms in total. The molecule has 146 valence electrons. The normalized spacial score (nSPS) is 18.7. The van der Waals surface area contributed by atoms with Gasteiger partial charge in [-0.25, -0.2) is 0 Å². The first-order valence-corrected chi connectivity index (χ1v) is 8.28. The molecule has 0 aromatic heterocycles. The van der Waals surface area contributed by atoms with E-state index in [2.05, 4.69) is 10.6 Å². The molecule has 0 saturated carbocycles. The first-order valence-electron chi connectivity index (χ1n) is 8.28. The molecule has 1 aliphatic rings. The molecular formula is C15H25N5O6. The minimum Gasteiger partial charge on any atom is -0.480 e. The predicted octanol–water partition coefficient (Wildman–Crippen LogP) is -2.72. The highest BCUT2D eigenvalue weighted by molar-refractivity contribution is 5.94. The van der Waals surface area contributed by atoms with Crippen molar-refractivity contribution in [1.29, 1.82) is 0 Å². The summed E-state index contributed by atoms with van der Waals surface area (Å²) in [6.45, 7) is 1.43. The van der Waals surface area contributed by atoms with Crippen LogP contribution in [0.4, 0.5) is 0 Å². The summed E-state index contributed by atoms with van der Waals surface area (Å²) in [5, 5.41) is 13.6. The second-order valence-corrected chi connectivity index (χ2v) is 6.08. The first-order chi connectivity index (χ1) is 12.2. The van der Waals surface area contributed by atoms with Gasteiger partial charge in [0, 0.05) is 13.0 Å². The Bertz CT molecular complexity index is 581. The molecule has 1 rings (SSSR count). The van der Waals surface area contributed by atoms with Gasteiger partial charge in [0.05, 0.1) is 6.54 Å². The molecule has 0 bridgehead atoms. The topological polar surface area (TPSA) is 185 Å². The summed E-state index contributed by atoms with van der Waals surface area (Å²) in [6.07, 6.45) is 0.790. The van der Waals surface area contributed by atoms with Crippen molar-refractivity contribution in [1.82, 2.24) is 15.5 Å². The summed E-state index contributed by atoms with van der Waals surface area (Å²) < 4.78 is 0. The lowest BCUT2D eigenvalue weighted by Gasteiger charge is -2.26. The van der Waals surface area contributed by atoms with E-state index in [9.17, 15) is 24.0 Å². The molecular weight excluding hydrogens is 346 g/mol. The average molecular weight is 371 g/mol. The average Bonchev–Trinajstić information content (AvgIpc) is 3.06. The van der Waals surface area contributed by atoms with Crippen LogP contribution in [0.15, 0.2) is 0 Å². The number of hydrogen-bond acceptors (Lipinski definition) is 6. The smallest absolute Gasteiger partial charge is 0.325 e. The number of primary amides is 1. The van der Waals surface area contributed by atoms with Gasteiger partial charge < -0.3 is 32.1 Å². The fourth-order valence-electron chi connectivity index (χ4n) is 2.65. The number of rotatable bonds is 9. The Morgan fingerprint density at radius 3 is 2.42 bits per heavy atom. The summed E-state index contributed by atoms with van der Waals surface area (Å²) in [5.74, 6) is -3.58. The number of likely N-dealkylation sites (tertiary alicyclic amines) is 1. The number of carboxylic acid groups (broad SMARTS) is 1. The first kappa shape index (κ1) is 21.4. The minimum atomic E-state index is -1.24. The van der Waals surface area contributed by atoms with Crippen LogP contribution < -0.4 is 22.1 Å². The molecule has 1 saturated heterocycles. The molecule has 0 aromatic carbocycles. The van der Waals surface area contributed by atoms with Crippen LogP contribution in [0.3, 0.4) is 0 Å². The zero-order valence-corrected chi connectivity index (χ0v) is 14.6. The fraction of sp³-hybridized carbons (Fsp3) is 0.667. The summed E-state index contributed by atoms with van der Waals surface area (Å²) in [6, 6.07) is -3.07. The van der Waals surface area contributed by atoms with Gasteiger partial charge in [0.2, 0.25) is 23.6 Å². The Morgan fingerprint density at radius 1 is 1.23 bits per heavy atom. The quantitative estimate of drug-likeness (QED) is 0.291. The van der Waals surface area contributed by atoms with E-state index in [1.807, 2.05) is 0 Å². The van der Waals surface area contributed by atoms with Crippen molar-refractivity contribution in [2.24, 2.45) is 11.5 Å². The van der Waals surface area contributed by atoms with Crippen molar-refractivity contribution in [3.63, 3.8) is 0 Å². The molecule has 0 radical (unpaired) electrons. The summed E-state index contributed by atoms with van der Waals surface area (Å²) in [7, 11) is 0. The van der Waals surface area contributed by atoms with E-state index < -0.39 is 41.8 Å². The molecule has 0 spiro atoms. The molecule has 11 heteroatoms. The number of hydrogen-bond donors (Lipinski definition) is 5. The zero-order chi connectivity index (χ0) is 19.9. The van der Waals surface area contributed by atoms with Crippen LogP contribution in [0.25, 0.3) is 0 Å². The lowest BCUT2D eigenvalue weighted by molar-refractivity contribution is -0.142. The van der Waals surface area contributed by atoms with Gasteiger partial charge in [-0.05, 0) is 26.2 Å². The highest BCUT2D eigenvalue weighted by atomic mass is 16.4. The van der Waals surface area contributed by atoms with Gasteiger partial charge in [0.25, 0.3) is 0 Å². The van der Waals surface area contributed by atoms with Crippen molar-refractivity contribution in [2.75, 3.05) is 13.1 Å². The second kappa shape index (κ2) is 9.70. The number of nitrogens with zero attached hydrogens (tertiary/aromatic N) is 1. The van der Waals surface area contributed by atoms with E-state index in [0.29, 0.717) is 19.4 Å². The molecule has 3 unspecified atom stereocenters. The van der Waals surface area contributed by atoms with E-state index in [1.165, 1.54) is 11.8 Å². The zero-order valence-electron chi connectivity index (χ0n) is 14.6. The standard InChI is InChI=1S/C15H25N5O6/c1-8(15(25)26)18-13(23)9(4-5-11(17)21)19-14(24)10-3-2-6-20(10)12(22)7-16/h8-10H,2-7,16H2,1H3,(H2,17,21)(H,18,23)(H,19,24)(H,25,26). The van der Waals surface area contributed by atoms with Gasteiger partial charge in [-0.3, -0.25) is 24.0 Å². The molecule has 3 atom stereocenters. The molecule has 7 N–H and O–H groups in total. The molecule has 1 heterocycles. The molecule has 1 aliphatic heterocycles. The third-order valence-electron chi connectivity index (χ3n) is 4.09. The number of nitrogens with two attached hydrogens (primary N) is 2. The summed E-state index contributed by atoms with van der Waals surface area (Å²) in [4.78, 5) is 59.8. The second-order valence-electron chi connectivity index (χ2n) is 6.08. The Balaban J connectivity index is 2.81. The fourth-order valence-corrected chi connectivity index (χ4v) is 2.65. The van der Waals surface area contributed by atoms with Gasteiger partial charge in [0.15, 0.2) is 0 Å². The van der Waals surface area contributed by atoms with Crippen molar-refractivity contribution >= 4 is 29.6 Å². The van der Waals surface area contributed by atoms with Crippen molar-refractivity contribution in [3.8, 4) is 0 Å². The minimum absolute atomic E-state index is 0.0865. The Kier molecular flexibility index (Phi) is 7.97. The molecule has 0 aliphatic carbocycles. The van der Waals surface area contributed by atoms with E-state index in [4.69, 9.17) is 16.6 Å². The maximum Gasteiger partial charge on any atom is 0.325 e. The van der Waals surface area contributed by atoms with Crippen molar-refractivity contribution < 1.29 is 29.1 Å². The molecule has 0 aromatic rings. The number of amides is 4. The maximum atomic E-state index is 12.5. The number of carbonyl (C=O) groups excluding carboxylic acids is 4. The predicted molar refractivity (Wildman–Crippen MR) is 89.4 cm³/mol. The van der Waals surface area contributed by atoms with Crippen LogP contribution >= 0.6 is 0 Å². The lowest BCUT2D eigenvalue weighted by atomic mass is 10.1. The Labute approximate surface area is 150 Å². The molecule has 4 amide bonds. The Morgan fingerprint density at radius 2 is 1.88 bits per heavy atom. The van der Waals surface area contributed by atoms with Crippen molar-refractivity contribution in [3.05, 3.63) is 0 Å². The molecule has 1 fully saturated rings. The van der Waals surface area contributed by atoms with Crippen LogP contribution in [0.5, 0.6) is 0 Å². The van der Waals surface area contributed by atoms with Crippen molar-refractivity contribution in [2.45, 2.75) is 50.7 Å².